The van der Waals surface area contributed by atoms with E-state index < -0.39 is 12.1 Å². The number of rotatable bonds is 11. The molecule has 0 spiro atoms. The minimum atomic E-state index is -0.990. The first-order chi connectivity index (χ1) is 15.4. The Morgan fingerprint density at radius 2 is 2.00 bits per heavy atom. The molecule has 0 saturated heterocycles. The Labute approximate surface area is 190 Å². The number of benzene rings is 1. The normalized spacial score (nSPS) is 24.8. The molecular formula is C25H36O7. The number of unbranched alkanes of at least 4 members (excludes halogenated alkanes) is 2. The summed E-state index contributed by atoms with van der Waals surface area (Å²) in [5.41, 5.74) is 2.26. The standard InChI is InChI=1S/C25H36O7/c1-3-4-5-8-18(32-25(29)30-2)10-11-19-20-12-16-7-6-9-23(31-15-24(27)28)21(16)13-17(20)14-22(19)26/h6-7,9,17-20,22,26H,3-5,8,10-15H2,1-2H3,(H,27,28). The number of methoxy groups -OCH3 is 1. The van der Waals surface area contributed by atoms with E-state index in [0.717, 1.165) is 63.4 Å². The number of fused-ring (bicyclic) bond motifs is 2. The summed E-state index contributed by atoms with van der Waals surface area (Å²) in [6.45, 7) is 1.79. The molecule has 2 N–H and O–H groups in total. The molecule has 5 atom stereocenters. The van der Waals surface area contributed by atoms with Crippen molar-refractivity contribution < 1.29 is 34.0 Å². The van der Waals surface area contributed by atoms with Crippen LogP contribution in [0.4, 0.5) is 4.79 Å². The van der Waals surface area contributed by atoms with Crippen LogP contribution in [0.3, 0.4) is 0 Å². The van der Waals surface area contributed by atoms with Crippen LogP contribution < -0.4 is 4.74 Å². The molecular weight excluding hydrogens is 412 g/mol. The molecule has 1 aromatic carbocycles. The summed E-state index contributed by atoms with van der Waals surface area (Å²) in [5.74, 6) is 0.518. The Morgan fingerprint density at radius 1 is 1.19 bits per heavy atom. The van der Waals surface area contributed by atoms with Crippen molar-refractivity contribution in [2.75, 3.05) is 13.7 Å². The Morgan fingerprint density at radius 3 is 2.72 bits per heavy atom. The van der Waals surface area contributed by atoms with Crippen molar-refractivity contribution in [1.82, 2.24) is 0 Å². The Balaban J connectivity index is 1.65. The highest BCUT2D eigenvalue weighted by Gasteiger charge is 2.45. The fourth-order valence-electron chi connectivity index (χ4n) is 5.53. The molecule has 0 radical (unpaired) electrons. The number of aliphatic carboxylic acids is 1. The zero-order chi connectivity index (χ0) is 23.1. The van der Waals surface area contributed by atoms with Gasteiger partial charge in [-0.25, -0.2) is 9.59 Å². The van der Waals surface area contributed by atoms with Crippen molar-refractivity contribution in [3.05, 3.63) is 29.3 Å². The van der Waals surface area contributed by atoms with Gasteiger partial charge in [-0.2, -0.15) is 0 Å². The van der Waals surface area contributed by atoms with Gasteiger partial charge >= 0.3 is 12.1 Å². The van der Waals surface area contributed by atoms with Crippen molar-refractivity contribution >= 4 is 12.1 Å². The predicted molar refractivity (Wildman–Crippen MR) is 119 cm³/mol. The topological polar surface area (TPSA) is 102 Å². The molecule has 3 rings (SSSR count). The maximum absolute atomic E-state index is 11.7. The molecule has 1 fully saturated rings. The second kappa shape index (κ2) is 11.5. The van der Waals surface area contributed by atoms with Gasteiger partial charge in [0.1, 0.15) is 11.9 Å². The van der Waals surface area contributed by atoms with Crippen LogP contribution in [0.25, 0.3) is 0 Å². The van der Waals surface area contributed by atoms with E-state index in [9.17, 15) is 14.7 Å². The molecule has 7 heteroatoms. The number of carboxylic acid groups (broad SMARTS) is 1. The number of hydrogen-bond donors (Lipinski definition) is 2. The molecule has 2 aliphatic carbocycles. The fraction of sp³-hybridized carbons (Fsp3) is 0.680. The van der Waals surface area contributed by atoms with Gasteiger partial charge in [-0.15, -0.1) is 0 Å². The lowest BCUT2D eigenvalue weighted by Crippen LogP contribution is -2.29. The van der Waals surface area contributed by atoms with Crippen molar-refractivity contribution in [3.8, 4) is 5.75 Å². The minimum Gasteiger partial charge on any atom is -0.482 e. The average molecular weight is 449 g/mol. The molecule has 0 aliphatic heterocycles. The van der Waals surface area contributed by atoms with Crippen LogP contribution in [0.1, 0.15) is 63.0 Å². The van der Waals surface area contributed by atoms with Gasteiger partial charge in [0.15, 0.2) is 6.61 Å². The number of aliphatic hydroxyl groups is 1. The fourth-order valence-corrected chi connectivity index (χ4v) is 5.53. The largest absolute Gasteiger partial charge is 0.508 e. The molecule has 5 unspecified atom stereocenters. The maximum Gasteiger partial charge on any atom is 0.508 e. The zero-order valence-corrected chi connectivity index (χ0v) is 19.1. The van der Waals surface area contributed by atoms with E-state index in [1.807, 2.05) is 12.1 Å². The lowest BCUT2D eigenvalue weighted by atomic mass is 9.73. The molecule has 0 bridgehead atoms. The number of carboxylic acids is 1. The van der Waals surface area contributed by atoms with Gasteiger partial charge in [0.05, 0.1) is 13.2 Å². The summed E-state index contributed by atoms with van der Waals surface area (Å²) in [5, 5.41) is 19.8. The highest BCUT2D eigenvalue weighted by Crippen LogP contribution is 2.48. The summed E-state index contributed by atoms with van der Waals surface area (Å²) in [4.78, 5) is 22.6. The van der Waals surface area contributed by atoms with Gasteiger partial charge in [-0.05, 0) is 79.9 Å². The first-order valence-electron chi connectivity index (χ1n) is 11.8. The van der Waals surface area contributed by atoms with E-state index in [4.69, 9.17) is 19.3 Å². The van der Waals surface area contributed by atoms with Crippen LogP contribution >= 0.6 is 0 Å². The molecule has 0 aromatic heterocycles. The highest BCUT2D eigenvalue weighted by molar-refractivity contribution is 5.68. The van der Waals surface area contributed by atoms with E-state index in [-0.39, 0.29) is 24.7 Å². The minimum absolute atomic E-state index is 0.159. The van der Waals surface area contributed by atoms with Crippen LogP contribution in [0.2, 0.25) is 0 Å². The van der Waals surface area contributed by atoms with E-state index in [0.29, 0.717) is 17.6 Å². The van der Waals surface area contributed by atoms with E-state index >= 15 is 0 Å². The van der Waals surface area contributed by atoms with Gasteiger partial charge in [0.2, 0.25) is 0 Å². The third-order valence-corrected chi connectivity index (χ3v) is 7.08. The van der Waals surface area contributed by atoms with Gasteiger partial charge < -0.3 is 24.4 Å². The van der Waals surface area contributed by atoms with Crippen LogP contribution in [-0.4, -0.2) is 48.3 Å². The SMILES string of the molecule is CCCCCC(CCC1C(O)CC2Cc3c(cccc3OCC(=O)O)CC21)OC(=O)OC. The molecule has 1 saturated carbocycles. The zero-order valence-electron chi connectivity index (χ0n) is 19.1. The van der Waals surface area contributed by atoms with Crippen molar-refractivity contribution in [2.24, 2.45) is 17.8 Å². The highest BCUT2D eigenvalue weighted by atomic mass is 16.7. The van der Waals surface area contributed by atoms with Crippen molar-refractivity contribution in [3.63, 3.8) is 0 Å². The molecule has 178 valence electrons. The van der Waals surface area contributed by atoms with E-state index in [1.54, 1.807) is 0 Å². The second-order valence-corrected chi connectivity index (χ2v) is 9.14. The smallest absolute Gasteiger partial charge is 0.482 e. The third-order valence-electron chi connectivity index (χ3n) is 7.08. The quantitative estimate of drug-likeness (QED) is 0.383. The van der Waals surface area contributed by atoms with Gasteiger partial charge in [-0.1, -0.05) is 31.9 Å². The van der Waals surface area contributed by atoms with Gasteiger partial charge in [0, 0.05) is 0 Å². The molecule has 1 aromatic rings. The van der Waals surface area contributed by atoms with E-state index in [1.165, 1.54) is 12.7 Å². The number of ether oxygens (including phenoxy) is 3. The van der Waals surface area contributed by atoms with Gasteiger partial charge in [0.25, 0.3) is 0 Å². The molecule has 7 nitrogen and oxygen atoms in total. The third kappa shape index (κ3) is 6.15. The number of hydrogen-bond acceptors (Lipinski definition) is 6. The Bertz CT molecular complexity index is 778. The lowest BCUT2D eigenvalue weighted by Gasteiger charge is -2.32. The second-order valence-electron chi connectivity index (χ2n) is 9.14. The summed E-state index contributed by atoms with van der Waals surface area (Å²) >= 11 is 0. The first-order valence-corrected chi connectivity index (χ1v) is 11.8. The van der Waals surface area contributed by atoms with Crippen LogP contribution in [0.15, 0.2) is 18.2 Å². The van der Waals surface area contributed by atoms with Gasteiger partial charge in [-0.3, -0.25) is 0 Å². The van der Waals surface area contributed by atoms with Crippen LogP contribution in [0, 0.1) is 17.8 Å². The molecule has 2 aliphatic rings. The molecule has 0 amide bonds. The van der Waals surface area contributed by atoms with Crippen molar-refractivity contribution in [1.29, 1.82) is 0 Å². The summed E-state index contributed by atoms with van der Waals surface area (Å²) in [7, 11) is 1.32. The summed E-state index contributed by atoms with van der Waals surface area (Å²) in [6.07, 6.45) is 6.72. The monoisotopic (exact) mass is 448 g/mol. The Hall–Kier alpha value is -2.28. The van der Waals surface area contributed by atoms with Crippen LogP contribution in [-0.2, 0) is 27.1 Å². The number of carbonyl (C=O) groups excluding carboxylic acids is 1. The average Bonchev–Trinajstić information content (AvgIpc) is 3.08. The number of carbonyl (C=O) groups is 2. The lowest BCUT2D eigenvalue weighted by molar-refractivity contribution is -0.139. The van der Waals surface area contributed by atoms with Crippen molar-refractivity contribution in [2.45, 2.75) is 76.9 Å². The van der Waals surface area contributed by atoms with E-state index in [2.05, 4.69) is 13.0 Å². The maximum atomic E-state index is 11.7. The summed E-state index contributed by atoms with van der Waals surface area (Å²) < 4.78 is 15.7. The van der Waals surface area contributed by atoms with Crippen LogP contribution in [0.5, 0.6) is 5.75 Å². The predicted octanol–water partition coefficient (Wildman–Crippen LogP) is 4.37. The summed E-state index contributed by atoms with van der Waals surface area (Å²) in [6, 6.07) is 5.82. The Kier molecular flexibility index (Phi) is 8.79. The first kappa shape index (κ1) is 24.4. The number of aliphatic hydroxyl groups excluding tert-OH is 1. The molecule has 0 heterocycles. The molecule has 32 heavy (non-hydrogen) atoms.